The van der Waals surface area contributed by atoms with Crippen molar-refractivity contribution in [3.63, 3.8) is 0 Å². The van der Waals surface area contributed by atoms with Crippen molar-refractivity contribution in [1.29, 1.82) is 0 Å². The normalized spacial score (nSPS) is 16.4. The van der Waals surface area contributed by atoms with Crippen molar-refractivity contribution >= 4 is 16.8 Å². The van der Waals surface area contributed by atoms with Crippen LogP contribution in [-0.2, 0) is 16.9 Å². The fourth-order valence-corrected chi connectivity index (χ4v) is 4.79. The van der Waals surface area contributed by atoms with Gasteiger partial charge in [0.1, 0.15) is 17.3 Å². The average Bonchev–Trinajstić information content (AvgIpc) is 3.33. The zero-order valence-corrected chi connectivity index (χ0v) is 23.5. The van der Waals surface area contributed by atoms with Crippen LogP contribution in [0.15, 0.2) is 60.8 Å². The van der Waals surface area contributed by atoms with Crippen LogP contribution in [0.3, 0.4) is 0 Å². The molecule has 43 heavy (non-hydrogen) atoms. The lowest BCUT2D eigenvalue weighted by atomic mass is 9.92. The second kappa shape index (κ2) is 11.2. The highest BCUT2D eigenvalue weighted by molar-refractivity contribution is 5.99. The Morgan fingerprint density at radius 2 is 1.84 bits per heavy atom. The maximum Gasteiger partial charge on any atom is 0.424 e. The number of nitrogens with zero attached hydrogens (tertiary/aromatic N) is 2. The number of carbonyl (C=O) groups is 1. The van der Waals surface area contributed by atoms with Crippen molar-refractivity contribution in [2.45, 2.75) is 50.9 Å². The Hall–Kier alpha value is -4.13. The van der Waals surface area contributed by atoms with Crippen molar-refractivity contribution < 1.29 is 42.0 Å². The largest absolute Gasteiger partial charge is 0.490 e. The SMILES string of the molecule is C[C@@H]1COc2c1cc([C@@](O)(CNC(=O)c1cc(COC(C)(C)O)c3ncccc3c1)C(F)(F)F)nc2-c1ccc(F)cc1. The molecule has 0 bridgehead atoms. The van der Waals surface area contributed by atoms with Crippen molar-refractivity contribution in [2.24, 2.45) is 0 Å². The van der Waals surface area contributed by atoms with Crippen molar-refractivity contribution in [3.8, 4) is 17.0 Å². The first kappa shape index (κ1) is 30.3. The predicted octanol–water partition coefficient (Wildman–Crippen LogP) is 5.36. The van der Waals surface area contributed by atoms with Crippen LogP contribution < -0.4 is 10.1 Å². The summed E-state index contributed by atoms with van der Waals surface area (Å²) in [6.07, 6.45) is -3.71. The number of amides is 1. The molecule has 0 saturated heterocycles. The van der Waals surface area contributed by atoms with Gasteiger partial charge in [-0.25, -0.2) is 9.37 Å². The van der Waals surface area contributed by atoms with Crippen LogP contribution in [0.1, 0.15) is 53.9 Å². The van der Waals surface area contributed by atoms with Gasteiger partial charge in [0.05, 0.1) is 31.0 Å². The number of nitrogens with one attached hydrogen (secondary N) is 1. The highest BCUT2D eigenvalue weighted by Gasteiger charge is 2.57. The molecule has 0 aliphatic carbocycles. The Labute approximate surface area is 244 Å². The molecular formula is C31H29F4N3O5. The fourth-order valence-electron chi connectivity index (χ4n) is 4.79. The molecule has 1 aliphatic heterocycles. The molecule has 8 nitrogen and oxygen atoms in total. The first-order valence-corrected chi connectivity index (χ1v) is 13.4. The number of benzene rings is 2. The lowest BCUT2D eigenvalue weighted by molar-refractivity contribution is -0.265. The Balaban J connectivity index is 1.50. The van der Waals surface area contributed by atoms with Crippen molar-refractivity contribution in [2.75, 3.05) is 13.2 Å². The van der Waals surface area contributed by atoms with Gasteiger partial charge in [0.25, 0.3) is 5.91 Å². The van der Waals surface area contributed by atoms with Gasteiger partial charge < -0.3 is 25.0 Å². The molecule has 12 heteroatoms. The molecule has 0 saturated carbocycles. The van der Waals surface area contributed by atoms with Crippen LogP contribution in [0, 0.1) is 5.82 Å². The Bertz CT molecular complexity index is 1670. The summed E-state index contributed by atoms with van der Waals surface area (Å²) in [6.45, 7) is 3.42. The van der Waals surface area contributed by atoms with Gasteiger partial charge in [0, 0.05) is 39.8 Å². The molecule has 4 aromatic rings. The Morgan fingerprint density at radius 3 is 2.51 bits per heavy atom. The number of hydrogen-bond acceptors (Lipinski definition) is 7. The summed E-state index contributed by atoms with van der Waals surface area (Å²) < 4.78 is 68.5. The number of ether oxygens (including phenoxy) is 2. The number of alkyl halides is 3. The second-order valence-electron chi connectivity index (χ2n) is 11.0. The van der Waals surface area contributed by atoms with Gasteiger partial charge in [0.15, 0.2) is 5.79 Å². The molecule has 3 heterocycles. The highest BCUT2D eigenvalue weighted by Crippen LogP contribution is 2.45. The van der Waals surface area contributed by atoms with E-state index in [9.17, 15) is 32.6 Å². The van der Waals surface area contributed by atoms with Crippen LogP contribution in [-0.4, -0.2) is 51.2 Å². The van der Waals surface area contributed by atoms with Gasteiger partial charge in [-0.1, -0.05) is 13.0 Å². The minimum Gasteiger partial charge on any atom is -0.490 e. The van der Waals surface area contributed by atoms with E-state index >= 15 is 0 Å². The van der Waals surface area contributed by atoms with Crippen molar-refractivity contribution in [1.82, 2.24) is 15.3 Å². The van der Waals surface area contributed by atoms with Crippen LogP contribution in [0.5, 0.6) is 5.75 Å². The molecule has 1 amide bonds. The summed E-state index contributed by atoms with van der Waals surface area (Å²) >= 11 is 0. The molecule has 0 radical (unpaired) electrons. The quantitative estimate of drug-likeness (QED) is 0.185. The lowest BCUT2D eigenvalue weighted by Crippen LogP contribution is -2.51. The van der Waals surface area contributed by atoms with Gasteiger partial charge in [-0.05, 0) is 62.4 Å². The monoisotopic (exact) mass is 599 g/mol. The molecule has 1 aliphatic rings. The van der Waals surface area contributed by atoms with Gasteiger partial charge >= 0.3 is 6.18 Å². The summed E-state index contributed by atoms with van der Waals surface area (Å²) in [7, 11) is 0. The highest BCUT2D eigenvalue weighted by atomic mass is 19.4. The summed E-state index contributed by atoms with van der Waals surface area (Å²) in [4.78, 5) is 21.7. The number of rotatable bonds is 8. The zero-order valence-electron chi connectivity index (χ0n) is 23.5. The first-order valence-electron chi connectivity index (χ1n) is 13.4. The Kier molecular flexibility index (Phi) is 7.88. The maximum atomic E-state index is 14.6. The predicted molar refractivity (Wildman–Crippen MR) is 149 cm³/mol. The third-order valence-electron chi connectivity index (χ3n) is 7.15. The van der Waals surface area contributed by atoms with Crippen LogP contribution >= 0.6 is 0 Å². The number of carbonyl (C=O) groups excluding carboxylic acids is 1. The van der Waals surface area contributed by atoms with E-state index in [1.165, 1.54) is 44.3 Å². The topological polar surface area (TPSA) is 114 Å². The molecule has 2 atom stereocenters. The molecule has 2 aromatic heterocycles. The van der Waals surface area contributed by atoms with Crippen LogP contribution in [0.2, 0.25) is 0 Å². The van der Waals surface area contributed by atoms with E-state index in [1.807, 2.05) is 0 Å². The third kappa shape index (κ3) is 6.17. The summed E-state index contributed by atoms with van der Waals surface area (Å²) in [5, 5.41) is 23.9. The van der Waals surface area contributed by atoms with Crippen LogP contribution in [0.4, 0.5) is 17.6 Å². The molecular weight excluding hydrogens is 570 g/mol. The number of pyridine rings is 2. The van der Waals surface area contributed by atoms with Crippen LogP contribution in [0.25, 0.3) is 22.2 Å². The lowest BCUT2D eigenvalue weighted by Gasteiger charge is -2.31. The Morgan fingerprint density at radius 1 is 1.12 bits per heavy atom. The standard InChI is InChI=1S/C31H29F4N3O5/c1-17-14-42-27-23(17)13-24(38-26(27)18-6-8-22(32)9-7-18)30(41,31(33,34)35)16-37-28(39)20-11-19-5-4-10-36-25(19)21(12-20)15-43-29(2,3)40/h4-13,17,40-41H,14-16H2,1-3H3,(H,37,39)/t17-,30+/m1/s1. The number of halogens is 4. The summed E-state index contributed by atoms with van der Waals surface area (Å²) in [6, 6.07) is 12.3. The van der Waals surface area contributed by atoms with E-state index in [4.69, 9.17) is 9.47 Å². The fraction of sp³-hybridized carbons (Fsp3) is 0.323. The number of fused-ring (bicyclic) bond motifs is 2. The van der Waals surface area contributed by atoms with Gasteiger partial charge in [-0.3, -0.25) is 9.78 Å². The van der Waals surface area contributed by atoms with E-state index in [0.717, 1.165) is 18.2 Å². The molecule has 0 spiro atoms. The van der Waals surface area contributed by atoms with E-state index in [0.29, 0.717) is 27.6 Å². The minimum absolute atomic E-state index is 0.00435. The maximum absolute atomic E-state index is 14.6. The van der Waals surface area contributed by atoms with E-state index in [2.05, 4.69) is 15.3 Å². The van der Waals surface area contributed by atoms with E-state index in [1.54, 1.807) is 19.1 Å². The summed E-state index contributed by atoms with van der Waals surface area (Å²) in [5.41, 5.74) is -2.70. The number of hydrogen-bond donors (Lipinski definition) is 3. The molecule has 5 rings (SSSR count). The molecule has 3 N–H and O–H groups in total. The molecule has 0 fully saturated rings. The molecule has 0 unspecified atom stereocenters. The zero-order chi connectivity index (χ0) is 31.2. The number of aromatic nitrogens is 2. The number of aliphatic hydroxyl groups is 2. The first-order chi connectivity index (χ1) is 20.2. The van der Waals surface area contributed by atoms with Gasteiger partial charge in [-0.15, -0.1) is 0 Å². The van der Waals surface area contributed by atoms with Gasteiger partial charge in [-0.2, -0.15) is 13.2 Å². The van der Waals surface area contributed by atoms with E-state index < -0.39 is 41.5 Å². The smallest absolute Gasteiger partial charge is 0.424 e. The van der Waals surface area contributed by atoms with Gasteiger partial charge in [0.2, 0.25) is 5.60 Å². The average molecular weight is 600 g/mol. The third-order valence-corrected chi connectivity index (χ3v) is 7.15. The summed E-state index contributed by atoms with van der Waals surface area (Å²) in [5.74, 6) is -2.98. The molecule has 226 valence electrons. The van der Waals surface area contributed by atoms with Crippen molar-refractivity contribution in [3.05, 3.63) is 89.0 Å². The molecule has 2 aromatic carbocycles. The van der Waals surface area contributed by atoms with E-state index in [-0.39, 0.29) is 36.1 Å². The minimum atomic E-state index is -5.25. The second-order valence-corrected chi connectivity index (χ2v) is 11.0.